The minimum atomic E-state index is -2.19. The van der Waals surface area contributed by atoms with Crippen LogP contribution in [-0.2, 0) is 28.1 Å². The second-order valence-electron chi connectivity index (χ2n) is 42.0. The summed E-state index contributed by atoms with van der Waals surface area (Å²) in [4.78, 5) is 128. The predicted octanol–water partition coefficient (Wildman–Crippen LogP) is 14.4. The summed E-state index contributed by atoms with van der Waals surface area (Å²) in [6.45, 7) is 37.9. The number of H-pyrrole nitrogens is 4. The number of alkyl halides is 5. The van der Waals surface area contributed by atoms with Crippen molar-refractivity contribution in [3.63, 3.8) is 0 Å². The number of nitrogens with zero attached hydrogens (tertiary/aromatic N) is 12. The van der Waals surface area contributed by atoms with Crippen LogP contribution in [0.5, 0.6) is 11.5 Å². The van der Waals surface area contributed by atoms with Crippen LogP contribution < -0.4 is 53.4 Å². The average Bonchev–Trinajstić information content (AvgIpc) is 1.51. The number of ether oxygens (including phenoxy) is 2. The van der Waals surface area contributed by atoms with Crippen LogP contribution in [0.3, 0.4) is 0 Å². The summed E-state index contributed by atoms with van der Waals surface area (Å²) in [5.74, 6) is -0.103. The quantitative estimate of drug-likeness (QED) is 0.0123. The number of amides is 3. The van der Waals surface area contributed by atoms with E-state index in [-0.39, 0.29) is 149 Å². The molecule has 0 bridgehead atoms. The molecule has 8 aliphatic rings. The van der Waals surface area contributed by atoms with Crippen LogP contribution in [-0.4, -0.2) is 198 Å². The second kappa shape index (κ2) is 37.0. The van der Waals surface area contributed by atoms with E-state index in [1.165, 1.54) is 29.9 Å². The van der Waals surface area contributed by atoms with Gasteiger partial charge in [-0.3, -0.25) is 69.4 Å². The lowest BCUT2D eigenvalue weighted by Gasteiger charge is -2.41. The van der Waals surface area contributed by atoms with Crippen LogP contribution in [0.4, 0.5) is 41.4 Å². The number of carbonyl (C=O) groups excluding carboxylic acids is 3. The van der Waals surface area contributed by atoms with E-state index >= 15 is 8.78 Å². The maximum absolute atomic E-state index is 16.2. The highest BCUT2D eigenvalue weighted by Crippen LogP contribution is 2.74. The molecule has 8 heterocycles. The number of aromatic amines is 4. The van der Waals surface area contributed by atoms with E-state index < -0.39 is 128 Å². The Morgan fingerprint density at radius 1 is 0.467 bits per heavy atom. The Bertz CT molecular complexity index is 6400. The number of aliphatic hydroxyl groups is 3. The number of nitrogens with two attached hydrogens (primary N) is 1. The van der Waals surface area contributed by atoms with E-state index in [1.807, 2.05) is 85.8 Å². The molecule has 8 aliphatic carbocycles. The fraction of sp³-hybridized carbons (Fsp3) is 0.573. The van der Waals surface area contributed by atoms with Crippen molar-refractivity contribution in [2.45, 2.75) is 263 Å². The van der Waals surface area contributed by atoms with Crippen molar-refractivity contribution in [3.8, 4) is 11.5 Å². The van der Waals surface area contributed by atoms with Gasteiger partial charge in [0.05, 0.1) is 94.7 Å². The largest absolute Gasteiger partial charge is 0.497 e. The Labute approximate surface area is 796 Å². The van der Waals surface area contributed by atoms with Crippen molar-refractivity contribution in [3.05, 3.63) is 162 Å². The third-order valence-corrected chi connectivity index (χ3v) is 40.9. The van der Waals surface area contributed by atoms with Crippen molar-refractivity contribution in [2.24, 2.45) is 63.1 Å². The number of carbonyl (C=O) groups is 3. The number of nitrogen functional groups attached to an aromatic ring is 1. The zero-order chi connectivity index (χ0) is 99.7. The molecule has 8 aromatic heterocycles. The van der Waals surface area contributed by atoms with Crippen molar-refractivity contribution in [1.29, 1.82) is 0 Å². The highest BCUT2D eigenvalue weighted by Gasteiger charge is 2.76. The maximum atomic E-state index is 16.2. The molecule has 0 saturated heterocycles. The number of methoxy groups -OCH3 is 2. The minimum absolute atomic E-state index is 0.00875. The smallest absolute Gasteiger partial charge is 0.280 e. The topological polar surface area (TPSA) is 465 Å². The normalized spacial score (nSPS) is 28.2. The van der Waals surface area contributed by atoms with Gasteiger partial charge in [-0.1, -0.05) is 158 Å². The van der Waals surface area contributed by atoms with E-state index in [4.69, 9.17) is 35.7 Å². The number of halogens is 5. The van der Waals surface area contributed by atoms with Crippen molar-refractivity contribution in [1.82, 2.24) is 78.1 Å². The molecular weight excluding hydrogens is 1820 g/mol. The number of imidazole rings is 4. The Morgan fingerprint density at radius 3 is 1.05 bits per heavy atom. The van der Waals surface area contributed by atoms with Crippen molar-refractivity contribution < 1.29 is 65.6 Å². The summed E-state index contributed by atoms with van der Waals surface area (Å²) in [6, 6.07) is 23.5. The van der Waals surface area contributed by atoms with Gasteiger partial charge in [0.15, 0.2) is 61.3 Å². The Balaban J connectivity index is 0.000000131. The maximum Gasteiger partial charge on any atom is 0.280 e. The molecule has 0 unspecified atom stereocenters. The fourth-order valence-electron chi connectivity index (χ4n) is 20.7. The van der Waals surface area contributed by atoms with Crippen molar-refractivity contribution in [2.75, 3.05) is 42.5 Å². The monoisotopic (exact) mass is 1950 g/mol. The minimum Gasteiger partial charge on any atom is -0.497 e. The Hall–Kier alpha value is -10.9. The lowest BCUT2D eigenvalue weighted by molar-refractivity contribution is -0.119. The summed E-state index contributed by atoms with van der Waals surface area (Å²) in [7, 11) is -1.01. The van der Waals surface area contributed by atoms with Crippen LogP contribution in [0.1, 0.15) is 190 Å². The SMILES string of the molecule is CC(C)C(=O)Nc1nc2c(ncn2[C@H]2[C@H](F)[C@H](O)[C@]3(CO)C[C@H]23)c(=O)[nH]1.CC[C@@]12C[C@@H]1[C@@H](n1cnc3c(=O)[nH]c(N)nc31)[C@H](F)[C@@H]2O[Si](C)(C)C(C)(C)C.CC[C@@]12C[C@@H]1[C@@H](n1cnc3c(=O)[nH]c(NC(=O)C(C)C)nc31)[C@H](F)[C@@H]2O.CC[C@@]12C[C@@H]1[C@@H](n1cnc3c(=O)[nH]c(NC(=O)C(C)C)nc31)[C@H](F)[C@@H]2O[Si](C)(C)C(C)(C)C.COc1ccc(C(Cl)(c2ccccc2)c2ccc(OC)cc2)cc1. The molecule has 8 saturated carbocycles. The number of aromatic nitrogens is 16. The number of aliphatic hydroxyl groups excluding tert-OH is 3. The predicted molar refractivity (Wildman–Crippen MR) is 518 cm³/mol. The van der Waals surface area contributed by atoms with Crippen LogP contribution >= 0.6 is 11.6 Å². The standard InChI is InChI=1S/C23H36FN5O3Si.C21H19ClO2.C19H30FN5O2Si.C17H22FN5O3.C16H20FN5O4/c1-9-23-10-13(23)16(14(24)17(23)32-33(7,8)22(4,5)6)29-11-25-15-18(29)26-21(28-20(15)31)27-19(30)12(2)3;1-23-19-12-8-17(9-13-19)21(22,16-6-4-3-5-7-16)18-10-14-20(24-2)15-11-18;1-7-19-8-10(19)13(11(20)14(19)27-28(5,6)18(2,3)4)25-9-22-12-15(25)23-17(21)24-16(12)26;1-4-17-5-8(17)11(9(18)12(17)24)23-6-19-10-13(23)20-16(22-15(10)26)21-14(25)7(2)3;1-6(2)13(25)20-15-19-12-9(14(26)21-15)18-5-22(12)10-7-3-16(7,4-23)11(24)8(10)17/h11-14,16-17H,9-10H2,1-8H3,(H2,26,27,28,30,31);3-15H,1-2H3;9-11,13-14H,7-8H2,1-6H3,(H3,21,23,24,26);6-9,11-12,24H,4-5H2,1-3H3,(H2,20,21,22,25,26);5-8,10-11,23-24H,3-4H2,1-2H3,(H2,19,20,21,25,26)/t13-,14+,16-,17+,23-;;10-,11+,13-,14+,19-;8-,9+,11-,12+,17-;7-,8+,10-,11+,16+/m1.111/s1. The number of fused-ring (bicyclic) bond motifs is 8. The van der Waals surface area contributed by atoms with Crippen LogP contribution in [0.15, 0.2) is 123 Å². The van der Waals surface area contributed by atoms with E-state index in [2.05, 4.69) is 157 Å². The van der Waals surface area contributed by atoms with E-state index in [9.17, 15) is 57.7 Å². The van der Waals surface area contributed by atoms with Gasteiger partial charge in [0, 0.05) is 39.4 Å². The van der Waals surface area contributed by atoms with Gasteiger partial charge in [-0.05, 0) is 146 Å². The molecule has 20 atom stereocenters. The first kappa shape index (κ1) is 101. The molecule has 0 spiro atoms. The van der Waals surface area contributed by atoms with Crippen LogP contribution in [0.25, 0.3) is 44.7 Å². The first-order valence-electron chi connectivity index (χ1n) is 46.9. The summed E-state index contributed by atoms with van der Waals surface area (Å²) in [5.41, 5.74) is 6.64. The van der Waals surface area contributed by atoms with Gasteiger partial charge in [0.1, 0.15) is 41.1 Å². The lowest BCUT2D eigenvalue weighted by Crippen LogP contribution is -2.48. The summed E-state index contributed by atoms with van der Waals surface area (Å²) >= 11 is 7.22. The lowest BCUT2D eigenvalue weighted by atomic mass is 9.84. The summed E-state index contributed by atoms with van der Waals surface area (Å²) < 4.78 is 91.8. The zero-order valence-corrected chi connectivity index (χ0v) is 83.9. The van der Waals surface area contributed by atoms with Gasteiger partial charge in [0.2, 0.25) is 41.5 Å². The number of nitrogens with one attached hydrogen (secondary N) is 7. The number of hydrogen-bond donors (Lipinski definition) is 11. The Morgan fingerprint density at radius 2 is 0.752 bits per heavy atom. The van der Waals surface area contributed by atoms with E-state index in [1.54, 1.807) is 69.5 Å². The highest BCUT2D eigenvalue weighted by atomic mass is 35.5. The third kappa shape index (κ3) is 17.7. The molecule has 41 heteroatoms. The van der Waals surface area contributed by atoms with Gasteiger partial charge in [-0.2, -0.15) is 19.9 Å². The zero-order valence-electron chi connectivity index (χ0n) is 81.1. The molecule has 3 aromatic carbocycles. The highest BCUT2D eigenvalue weighted by molar-refractivity contribution is 6.74. The number of benzene rings is 3. The molecule has 0 radical (unpaired) electrons. The molecule has 11 aromatic rings. The first-order chi connectivity index (χ1) is 64.4. The van der Waals surface area contributed by atoms with E-state index in [0.29, 0.717) is 18.5 Å². The first-order valence-corrected chi connectivity index (χ1v) is 53.1. The van der Waals surface area contributed by atoms with Gasteiger partial charge in [-0.15, -0.1) is 11.6 Å². The summed E-state index contributed by atoms with van der Waals surface area (Å²) in [6.07, 6.45) is 2.52. The van der Waals surface area contributed by atoms with Crippen molar-refractivity contribution >= 4 is 114 Å². The molecule has 12 N–H and O–H groups in total. The van der Waals surface area contributed by atoms with Crippen LogP contribution in [0.2, 0.25) is 36.3 Å². The van der Waals surface area contributed by atoms with Gasteiger partial charge >= 0.3 is 0 Å². The number of rotatable bonds is 23. The Kier molecular flexibility index (Phi) is 27.2. The summed E-state index contributed by atoms with van der Waals surface area (Å²) in [5, 5.41) is 37.7. The second-order valence-corrected chi connectivity index (χ2v) is 52.1. The molecule has 8 fully saturated rings. The molecule has 738 valence electrons. The van der Waals surface area contributed by atoms with Gasteiger partial charge in [0.25, 0.3) is 22.2 Å². The van der Waals surface area contributed by atoms with Crippen LogP contribution in [0, 0.1) is 63.1 Å². The van der Waals surface area contributed by atoms with E-state index in [0.717, 1.165) is 60.3 Å². The molecule has 19 rings (SSSR count). The molecular formula is C96H127ClF4N20O14Si2. The number of hydrogen-bond acceptors (Lipinski definition) is 23. The average molecular weight is 1950 g/mol. The fourth-order valence-corrected chi connectivity index (χ4v) is 23.8. The molecule has 137 heavy (non-hydrogen) atoms. The third-order valence-electron chi connectivity index (χ3n) is 31.4. The van der Waals surface area contributed by atoms with Gasteiger partial charge < -0.3 is 57.6 Å². The molecule has 0 aliphatic heterocycles. The molecule has 34 nitrogen and oxygen atoms in total. The molecule has 3 amide bonds. The van der Waals surface area contributed by atoms with Gasteiger partial charge in [-0.25, -0.2) is 37.5 Å². The number of anilines is 4.